The van der Waals surface area contributed by atoms with Gasteiger partial charge >= 0.3 is 0 Å². The third kappa shape index (κ3) is 3.20. The van der Waals surface area contributed by atoms with Crippen molar-refractivity contribution in [2.45, 2.75) is 25.6 Å². The van der Waals surface area contributed by atoms with Crippen molar-refractivity contribution in [2.24, 2.45) is 0 Å². The molecule has 2 saturated heterocycles. The van der Waals surface area contributed by atoms with Gasteiger partial charge < -0.3 is 14.4 Å². The third-order valence-corrected chi connectivity index (χ3v) is 3.31. The maximum absolute atomic E-state index is 5.34. The second kappa shape index (κ2) is 4.67. The van der Waals surface area contributed by atoms with Crippen molar-refractivity contribution in [1.82, 2.24) is 4.90 Å². The molecule has 3 aliphatic rings. The quantitative estimate of drug-likeness (QED) is 0.679. The van der Waals surface area contributed by atoms with Crippen molar-refractivity contribution in [3.05, 3.63) is 35.6 Å². The average Bonchev–Trinajstić information content (AvgIpc) is 3.14. The van der Waals surface area contributed by atoms with Crippen LogP contribution in [0.15, 0.2) is 35.6 Å². The molecule has 3 nitrogen and oxygen atoms in total. The fourth-order valence-corrected chi connectivity index (χ4v) is 2.10. The maximum Gasteiger partial charge on any atom is 0.0984 e. The Hall–Kier alpha value is -1.06. The van der Waals surface area contributed by atoms with Gasteiger partial charge in [-0.1, -0.05) is 23.8 Å². The van der Waals surface area contributed by atoms with Crippen LogP contribution in [0.5, 0.6) is 0 Å². The highest BCUT2D eigenvalue weighted by Crippen LogP contribution is 2.22. The summed E-state index contributed by atoms with van der Waals surface area (Å²) in [5.74, 6) is 0. The highest BCUT2D eigenvalue weighted by atomic mass is 16.6. The molecule has 92 valence electrons. The van der Waals surface area contributed by atoms with Crippen LogP contribution in [-0.4, -0.2) is 43.4 Å². The molecule has 0 radical (unpaired) electrons. The summed E-state index contributed by atoms with van der Waals surface area (Å²) in [4.78, 5) is 2.43. The minimum atomic E-state index is 0.437. The number of nitrogens with zero attached hydrogens (tertiary/aromatic N) is 1. The Labute approximate surface area is 102 Å². The smallest absolute Gasteiger partial charge is 0.0984 e. The molecule has 2 atom stereocenters. The fourth-order valence-electron chi connectivity index (χ4n) is 2.10. The number of hydrogen-bond acceptors (Lipinski definition) is 3. The normalized spacial score (nSPS) is 30.4. The van der Waals surface area contributed by atoms with Crippen LogP contribution in [0.2, 0.25) is 0 Å². The van der Waals surface area contributed by atoms with E-state index in [4.69, 9.17) is 9.47 Å². The van der Waals surface area contributed by atoms with Crippen molar-refractivity contribution in [2.75, 3.05) is 26.3 Å². The van der Waals surface area contributed by atoms with Crippen LogP contribution in [0.4, 0.5) is 0 Å². The topological polar surface area (TPSA) is 28.3 Å². The van der Waals surface area contributed by atoms with Gasteiger partial charge in [0, 0.05) is 25.2 Å². The highest BCUT2D eigenvalue weighted by Gasteiger charge is 2.31. The molecule has 0 amide bonds. The van der Waals surface area contributed by atoms with Gasteiger partial charge in [0.1, 0.15) is 0 Å². The molecule has 0 saturated carbocycles. The zero-order valence-electron chi connectivity index (χ0n) is 10.3. The first-order valence-electron chi connectivity index (χ1n) is 6.33. The number of epoxide rings is 2. The number of ether oxygens (including phenoxy) is 2. The maximum atomic E-state index is 5.34. The van der Waals surface area contributed by atoms with E-state index in [1.807, 2.05) is 0 Å². The second-order valence-electron chi connectivity index (χ2n) is 4.99. The van der Waals surface area contributed by atoms with Crippen LogP contribution in [0, 0.1) is 0 Å². The molecule has 0 N–H and O–H groups in total. The summed E-state index contributed by atoms with van der Waals surface area (Å²) in [6, 6.07) is 0. The van der Waals surface area contributed by atoms with Crippen LogP contribution >= 0.6 is 0 Å². The van der Waals surface area contributed by atoms with Crippen molar-refractivity contribution in [1.29, 1.82) is 0 Å². The zero-order valence-corrected chi connectivity index (χ0v) is 10.3. The van der Waals surface area contributed by atoms with E-state index in [-0.39, 0.29) is 0 Å². The Morgan fingerprint density at radius 1 is 1.18 bits per heavy atom. The molecule has 0 spiro atoms. The van der Waals surface area contributed by atoms with E-state index in [0.29, 0.717) is 12.2 Å². The van der Waals surface area contributed by atoms with Crippen molar-refractivity contribution >= 4 is 0 Å². The number of hydrogen-bond donors (Lipinski definition) is 0. The first kappa shape index (κ1) is 11.1. The van der Waals surface area contributed by atoms with Gasteiger partial charge in [0.15, 0.2) is 0 Å². The SMILES string of the molecule is CC1=CC=C(N(CC2CO2)CC2CO2)CC=C1. The van der Waals surface area contributed by atoms with Crippen LogP contribution in [-0.2, 0) is 9.47 Å². The van der Waals surface area contributed by atoms with E-state index < -0.39 is 0 Å². The highest BCUT2D eigenvalue weighted by molar-refractivity contribution is 5.29. The summed E-state index contributed by atoms with van der Waals surface area (Å²) >= 11 is 0. The first-order valence-corrected chi connectivity index (χ1v) is 6.33. The summed E-state index contributed by atoms with van der Waals surface area (Å²) in [5, 5.41) is 0. The summed E-state index contributed by atoms with van der Waals surface area (Å²) in [6.45, 7) is 5.98. The van der Waals surface area contributed by atoms with Crippen LogP contribution < -0.4 is 0 Å². The summed E-state index contributed by atoms with van der Waals surface area (Å²) < 4.78 is 10.7. The van der Waals surface area contributed by atoms with Gasteiger partial charge in [-0.05, 0) is 13.0 Å². The van der Waals surface area contributed by atoms with E-state index >= 15 is 0 Å². The van der Waals surface area contributed by atoms with Gasteiger partial charge in [0.2, 0.25) is 0 Å². The minimum absolute atomic E-state index is 0.437. The summed E-state index contributed by atoms with van der Waals surface area (Å²) in [7, 11) is 0. The van der Waals surface area contributed by atoms with Crippen molar-refractivity contribution in [3.63, 3.8) is 0 Å². The molecular formula is C14H19NO2. The molecule has 2 fully saturated rings. The molecule has 0 aromatic heterocycles. The molecule has 0 aromatic carbocycles. The molecule has 3 heteroatoms. The molecule has 2 aliphatic heterocycles. The lowest BCUT2D eigenvalue weighted by Crippen LogP contribution is -2.31. The Morgan fingerprint density at radius 2 is 1.82 bits per heavy atom. The summed E-state index contributed by atoms with van der Waals surface area (Å²) in [6.07, 6.45) is 10.7. The molecular weight excluding hydrogens is 214 g/mol. The predicted molar refractivity (Wildman–Crippen MR) is 66.7 cm³/mol. The molecule has 3 rings (SSSR count). The van der Waals surface area contributed by atoms with E-state index in [1.54, 1.807) is 0 Å². The Balaban J connectivity index is 1.69. The fraction of sp³-hybridized carbons (Fsp3) is 0.571. The molecule has 0 bridgehead atoms. The zero-order chi connectivity index (χ0) is 11.7. The molecule has 0 aromatic rings. The second-order valence-corrected chi connectivity index (χ2v) is 4.99. The van der Waals surface area contributed by atoms with Gasteiger partial charge in [-0.2, -0.15) is 0 Å². The summed E-state index contributed by atoms with van der Waals surface area (Å²) in [5.41, 5.74) is 2.69. The number of allylic oxidation sites excluding steroid dienone is 5. The molecule has 1 aliphatic carbocycles. The lowest BCUT2D eigenvalue weighted by Gasteiger charge is -2.25. The monoisotopic (exact) mass is 233 g/mol. The largest absolute Gasteiger partial charge is 0.371 e. The number of rotatable bonds is 5. The molecule has 2 heterocycles. The van der Waals surface area contributed by atoms with E-state index in [2.05, 4.69) is 36.1 Å². The third-order valence-electron chi connectivity index (χ3n) is 3.31. The Bertz CT molecular complexity index is 362. The lowest BCUT2D eigenvalue weighted by atomic mass is 10.2. The standard InChI is InChI=1S/C14H19NO2/c1-11-3-2-4-12(6-5-11)15(7-13-9-16-13)8-14-10-17-14/h2-3,5-6,13-14H,4,7-10H2,1H3. The average molecular weight is 233 g/mol. The minimum Gasteiger partial charge on any atom is -0.371 e. The Morgan fingerprint density at radius 3 is 2.41 bits per heavy atom. The Kier molecular flexibility index (Phi) is 3.04. The van der Waals surface area contributed by atoms with Crippen molar-refractivity contribution in [3.8, 4) is 0 Å². The van der Waals surface area contributed by atoms with Gasteiger partial charge in [0.05, 0.1) is 25.4 Å². The predicted octanol–water partition coefficient (Wildman–Crippen LogP) is 1.88. The van der Waals surface area contributed by atoms with Crippen LogP contribution in [0.1, 0.15) is 13.3 Å². The van der Waals surface area contributed by atoms with Crippen LogP contribution in [0.3, 0.4) is 0 Å². The molecule has 17 heavy (non-hydrogen) atoms. The van der Waals surface area contributed by atoms with E-state index in [1.165, 1.54) is 11.3 Å². The first-order chi connectivity index (χ1) is 8.31. The van der Waals surface area contributed by atoms with Crippen LogP contribution in [0.25, 0.3) is 0 Å². The van der Waals surface area contributed by atoms with Gasteiger partial charge in [0.25, 0.3) is 0 Å². The van der Waals surface area contributed by atoms with E-state index in [0.717, 1.165) is 32.7 Å². The van der Waals surface area contributed by atoms with E-state index in [9.17, 15) is 0 Å². The van der Waals surface area contributed by atoms with Gasteiger partial charge in [-0.25, -0.2) is 0 Å². The van der Waals surface area contributed by atoms with Gasteiger partial charge in [-0.3, -0.25) is 0 Å². The van der Waals surface area contributed by atoms with Crippen molar-refractivity contribution < 1.29 is 9.47 Å². The lowest BCUT2D eigenvalue weighted by molar-refractivity contribution is 0.259. The van der Waals surface area contributed by atoms with Gasteiger partial charge in [-0.15, -0.1) is 0 Å². The molecule has 2 unspecified atom stereocenters.